The third-order valence-corrected chi connectivity index (χ3v) is 2.50. The molecular weight excluding hydrogens is 172 g/mol. The predicted molar refractivity (Wildman–Crippen MR) is 59.7 cm³/mol. The minimum atomic E-state index is 0.142. The molecule has 74 valence electrons. The van der Waals surface area contributed by atoms with Crippen LogP contribution in [0.15, 0.2) is 29.8 Å². The molecule has 0 bridgehead atoms. The van der Waals surface area contributed by atoms with Crippen LogP contribution >= 0.6 is 0 Å². The lowest BCUT2D eigenvalue weighted by Gasteiger charge is -2.08. The van der Waals surface area contributed by atoms with Crippen molar-refractivity contribution in [2.24, 2.45) is 0 Å². The minimum Gasteiger partial charge on any atom is -0.289 e. The first-order chi connectivity index (χ1) is 6.57. The molecule has 1 aromatic carbocycles. The SMILES string of the molecule is C/C=C(\C)C(=O)c1c(C)cccc1C. The molecule has 1 heteroatoms. The Hall–Kier alpha value is -1.37. The quantitative estimate of drug-likeness (QED) is 0.513. The van der Waals surface area contributed by atoms with Gasteiger partial charge in [-0.3, -0.25) is 4.79 Å². The third kappa shape index (κ3) is 1.92. The number of allylic oxidation sites excluding steroid dienone is 2. The molecule has 0 aromatic heterocycles. The summed E-state index contributed by atoms with van der Waals surface area (Å²) in [5.41, 5.74) is 3.76. The second kappa shape index (κ2) is 4.23. The van der Waals surface area contributed by atoms with E-state index in [1.54, 1.807) is 0 Å². The summed E-state index contributed by atoms with van der Waals surface area (Å²) in [5.74, 6) is 0.142. The van der Waals surface area contributed by atoms with E-state index in [-0.39, 0.29) is 5.78 Å². The van der Waals surface area contributed by atoms with Crippen molar-refractivity contribution >= 4 is 5.78 Å². The summed E-state index contributed by atoms with van der Waals surface area (Å²) in [7, 11) is 0. The van der Waals surface area contributed by atoms with Crippen LogP contribution in [-0.2, 0) is 0 Å². The van der Waals surface area contributed by atoms with Gasteiger partial charge in [0.2, 0.25) is 0 Å². The number of benzene rings is 1. The van der Waals surface area contributed by atoms with Gasteiger partial charge in [0.1, 0.15) is 0 Å². The number of Topliss-reactive ketones (excluding diaryl/α,β-unsaturated/α-hetero) is 1. The van der Waals surface area contributed by atoms with Gasteiger partial charge < -0.3 is 0 Å². The highest BCUT2D eigenvalue weighted by Gasteiger charge is 2.12. The van der Waals surface area contributed by atoms with Gasteiger partial charge in [0.15, 0.2) is 5.78 Å². The average molecular weight is 188 g/mol. The zero-order valence-electron chi connectivity index (χ0n) is 9.22. The van der Waals surface area contributed by atoms with Gasteiger partial charge in [-0.25, -0.2) is 0 Å². The van der Waals surface area contributed by atoms with Gasteiger partial charge in [-0.05, 0) is 44.4 Å². The summed E-state index contributed by atoms with van der Waals surface area (Å²) in [4.78, 5) is 11.9. The van der Waals surface area contributed by atoms with Crippen molar-refractivity contribution in [2.75, 3.05) is 0 Å². The lowest BCUT2D eigenvalue weighted by Crippen LogP contribution is -2.05. The second-order valence-corrected chi connectivity index (χ2v) is 3.57. The van der Waals surface area contributed by atoms with Crippen LogP contribution in [0.5, 0.6) is 0 Å². The lowest BCUT2D eigenvalue weighted by atomic mass is 9.95. The Kier molecular flexibility index (Phi) is 3.23. The van der Waals surface area contributed by atoms with Crippen LogP contribution in [0.1, 0.15) is 35.3 Å². The fourth-order valence-corrected chi connectivity index (χ4v) is 1.50. The Labute approximate surface area is 85.5 Å². The number of hydrogen-bond donors (Lipinski definition) is 0. The Morgan fingerprint density at radius 3 is 2.14 bits per heavy atom. The minimum absolute atomic E-state index is 0.142. The number of hydrogen-bond acceptors (Lipinski definition) is 1. The zero-order chi connectivity index (χ0) is 10.7. The van der Waals surface area contributed by atoms with Crippen molar-refractivity contribution in [3.05, 3.63) is 46.5 Å². The molecule has 0 heterocycles. The first-order valence-electron chi connectivity index (χ1n) is 4.81. The maximum atomic E-state index is 11.9. The van der Waals surface area contributed by atoms with Gasteiger partial charge in [-0.15, -0.1) is 0 Å². The van der Waals surface area contributed by atoms with E-state index >= 15 is 0 Å². The van der Waals surface area contributed by atoms with Crippen molar-refractivity contribution < 1.29 is 4.79 Å². The van der Waals surface area contributed by atoms with Crippen LogP contribution in [0.3, 0.4) is 0 Å². The normalized spacial score (nSPS) is 11.6. The average Bonchev–Trinajstić information content (AvgIpc) is 2.16. The van der Waals surface area contributed by atoms with Crippen LogP contribution in [0.25, 0.3) is 0 Å². The molecule has 1 nitrogen and oxygen atoms in total. The molecule has 0 aliphatic carbocycles. The molecule has 14 heavy (non-hydrogen) atoms. The summed E-state index contributed by atoms with van der Waals surface area (Å²) in [6.45, 7) is 7.70. The topological polar surface area (TPSA) is 17.1 Å². The highest BCUT2D eigenvalue weighted by atomic mass is 16.1. The predicted octanol–water partition coefficient (Wildman–Crippen LogP) is 3.45. The van der Waals surface area contributed by atoms with Gasteiger partial charge in [0, 0.05) is 5.56 Å². The van der Waals surface area contributed by atoms with E-state index in [9.17, 15) is 4.79 Å². The molecule has 0 N–H and O–H groups in total. The summed E-state index contributed by atoms with van der Waals surface area (Å²) in [6.07, 6.45) is 1.86. The monoisotopic (exact) mass is 188 g/mol. The molecule has 0 spiro atoms. The largest absolute Gasteiger partial charge is 0.289 e. The fourth-order valence-electron chi connectivity index (χ4n) is 1.50. The molecule has 0 radical (unpaired) electrons. The van der Waals surface area contributed by atoms with E-state index in [0.717, 1.165) is 22.3 Å². The molecule has 0 saturated carbocycles. The van der Waals surface area contributed by atoms with Gasteiger partial charge in [0.05, 0.1) is 0 Å². The van der Waals surface area contributed by atoms with Crippen LogP contribution in [0.4, 0.5) is 0 Å². The van der Waals surface area contributed by atoms with E-state index in [1.165, 1.54) is 0 Å². The van der Waals surface area contributed by atoms with Crippen molar-refractivity contribution in [1.82, 2.24) is 0 Å². The standard InChI is InChI=1S/C13H16O/c1-5-9(2)13(14)12-10(3)7-6-8-11(12)4/h5-8H,1-4H3/b9-5+. The Morgan fingerprint density at radius 2 is 1.71 bits per heavy atom. The number of rotatable bonds is 2. The van der Waals surface area contributed by atoms with E-state index in [0.29, 0.717) is 0 Å². The van der Waals surface area contributed by atoms with Gasteiger partial charge in [0.25, 0.3) is 0 Å². The van der Waals surface area contributed by atoms with Crippen LogP contribution < -0.4 is 0 Å². The van der Waals surface area contributed by atoms with Crippen LogP contribution in [0, 0.1) is 13.8 Å². The zero-order valence-corrected chi connectivity index (χ0v) is 9.22. The highest BCUT2D eigenvalue weighted by molar-refractivity contribution is 6.10. The molecule has 0 aliphatic heterocycles. The first kappa shape index (κ1) is 10.7. The molecule has 1 aromatic rings. The summed E-state index contributed by atoms with van der Waals surface area (Å²) in [6, 6.07) is 5.93. The lowest BCUT2D eigenvalue weighted by molar-refractivity contribution is 0.103. The fraction of sp³-hybridized carbons (Fsp3) is 0.308. The van der Waals surface area contributed by atoms with Gasteiger partial charge in [-0.2, -0.15) is 0 Å². The number of ketones is 1. The summed E-state index contributed by atoms with van der Waals surface area (Å²) < 4.78 is 0. The molecule has 0 saturated heterocycles. The van der Waals surface area contributed by atoms with Crippen molar-refractivity contribution in [2.45, 2.75) is 27.7 Å². The number of aryl methyl sites for hydroxylation is 2. The maximum absolute atomic E-state index is 11.9. The van der Waals surface area contributed by atoms with Crippen LogP contribution in [-0.4, -0.2) is 5.78 Å². The molecule has 0 fully saturated rings. The van der Waals surface area contributed by atoms with E-state index < -0.39 is 0 Å². The van der Waals surface area contributed by atoms with Crippen molar-refractivity contribution in [1.29, 1.82) is 0 Å². The number of carbonyl (C=O) groups excluding carboxylic acids is 1. The summed E-state index contributed by atoms with van der Waals surface area (Å²) in [5, 5.41) is 0. The third-order valence-electron chi connectivity index (χ3n) is 2.50. The smallest absolute Gasteiger partial charge is 0.188 e. The second-order valence-electron chi connectivity index (χ2n) is 3.57. The molecule has 0 unspecified atom stereocenters. The van der Waals surface area contributed by atoms with E-state index in [1.807, 2.05) is 52.0 Å². The maximum Gasteiger partial charge on any atom is 0.188 e. The van der Waals surface area contributed by atoms with Gasteiger partial charge in [-0.1, -0.05) is 24.3 Å². The Balaban J connectivity index is 3.26. The van der Waals surface area contributed by atoms with Crippen LogP contribution in [0.2, 0.25) is 0 Å². The first-order valence-corrected chi connectivity index (χ1v) is 4.81. The van der Waals surface area contributed by atoms with Crippen molar-refractivity contribution in [3.8, 4) is 0 Å². The molecule has 0 aliphatic rings. The van der Waals surface area contributed by atoms with Gasteiger partial charge >= 0.3 is 0 Å². The van der Waals surface area contributed by atoms with E-state index in [4.69, 9.17) is 0 Å². The molecular formula is C13H16O. The number of carbonyl (C=O) groups is 1. The molecule has 1 rings (SSSR count). The highest BCUT2D eigenvalue weighted by Crippen LogP contribution is 2.17. The molecule has 0 amide bonds. The van der Waals surface area contributed by atoms with Crippen molar-refractivity contribution in [3.63, 3.8) is 0 Å². The Morgan fingerprint density at radius 1 is 1.21 bits per heavy atom. The summed E-state index contributed by atoms with van der Waals surface area (Å²) >= 11 is 0. The van der Waals surface area contributed by atoms with E-state index in [2.05, 4.69) is 0 Å². The molecule has 0 atom stereocenters. The Bertz CT molecular complexity index is 366.